The zero-order chi connectivity index (χ0) is 16.9. The predicted molar refractivity (Wildman–Crippen MR) is 95.7 cm³/mol. The Morgan fingerprint density at radius 3 is 1.71 bits per heavy atom. The Bertz CT molecular complexity index is 322. The van der Waals surface area contributed by atoms with Gasteiger partial charge in [0.05, 0.1) is 48.5 Å². The summed E-state index contributed by atoms with van der Waals surface area (Å²) in [7, 11) is 1.07. The number of nitrogens with zero attached hydrogens (tertiary/aromatic N) is 2. The Morgan fingerprint density at radius 2 is 1.38 bits per heavy atom. The van der Waals surface area contributed by atoms with Crippen molar-refractivity contribution in [1.29, 1.82) is 0 Å². The molecule has 0 aromatic carbocycles. The van der Waals surface area contributed by atoms with E-state index in [4.69, 9.17) is 0 Å². The molecule has 1 atom stereocenters. The molecule has 21 heavy (non-hydrogen) atoms. The van der Waals surface area contributed by atoms with E-state index in [0.717, 1.165) is 43.6 Å². The Balaban J connectivity index is 4.72. The number of hydrogen-bond acceptors (Lipinski definition) is 1. The molecule has 3 nitrogen and oxygen atoms in total. The van der Waals surface area contributed by atoms with Crippen LogP contribution in [0.4, 0.5) is 0 Å². The molecule has 0 bridgehead atoms. The van der Waals surface area contributed by atoms with Gasteiger partial charge < -0.3 is 4.48 Å². The van der Waals surface area contributed by atoms with Crippen molar-refractivity contribution in [1.82, 2.24) is 4.31 Å². The summed E-state index contributed by atoms with van der Waals surface area (Å²) < 4.78 is 15.8. The molecule has 0 saturated carbocycles. The minimum atomic E-state index is -0.939. The Morgan fingerprint density at radius 1 is 0.952 bits per heavy atom. The fourth-order valence-electron chi connectivity index (χ4n) is 3.34. The lowest BCUT2D eigenvalue weighted by Gasteiger charge is -2.38. The summed E-state index contributed by atoms with van der Waals surface area (Å²) in [5.41, 5.74) is 0.204. The van der Waals surface area contributed by atoms with Crippen molar-refractivity contribution in [3.8, 4) is 0 Å². The standard InChI is InChI=1S/C17H39N2OS/c1-10-19(11-2,12-3)14-13-18(9)21(20)17(7,8)15-16(4,5)6/h10-15H2,1-9H3/q+1. The number of likely N-dealkylation sites (N-methyl/N-ethyl adjacent to an activating group) is 2. The second-order valence-corrected chi connectivity index (χ2v) is 10.3. The molecular weight excluding hydrogens is 280 g/mol. The topological polar surface area (TPSA) is 20.3 Å². The van der Waals surface area contributed by atoms with Crippen LogP contribution >= 0.6 is 0 Å². The van der Waals surface area contributed by atoms with Gasteiger partial charge in [-0.15, -0.1) is 0 Å². The lowest BCUT2D eigenvalue weighted by molar-refractivity contribution is -0.922. The van der Waals surface area contributed by atoms with E-state index >= 15 is 0 Å². The van der Waals surface area contributed by atoms with Crippen LogP contribution < -0.4 is 0 Å². The fraction of sp³-hybridized carbons (Fsp3) is 1.00. The maximum Gasteiger partial charge on any atom is 0.0999 e. The molecule has 0 amide bonds. The molecule has 0 aliphatic rings. The zero-order valence-corrected chi connectivity index (χ0v) is 16.8. The van der Waals surface area contributed by atoms with Gasteiger partial charge in [0.25, 0.3) is 0 Å². The molecule has 4 heteroatoms. The first-order chi connectivity index (χ1) is 9.43. The molecule has 0 fully saturated rings. The summed E-state index contributed by atoms with van der Waals surface area (Å²) in [5.74, 6) is 0. The van der Waals surface area contributed by atoms with Gasteiger partial charge in [0.15, 0.2) is 0 Å². The molecule has 1 unspecified atom stereocenters. The molecule has 128 valence electrons. The predicted octanol–water partition coefficient (Wildman–Crippen LogP) is 3.67. The first-order valence-electron chi connectivity index (χ1n) is 8.41. The quantitative estimate of drug-likeness (QED) is 0.594. The molecule has 0 rings (SSSR count). The van der Waals surface area contributed by atoms with Crippen LogP contribution in [0.3, 0.4) is 0 Å². The Hall–Kier alpha value is 0.0700. The second-order valence-electron chi connectivity index (χ2n) is 8.11. The highest BCUT2D eigenvalue weighted by Crippen LogP contribution is 2.31. The van der Waals surface area contributed by atoms with Gasteiger partial charge in [0, 0.05) is 7.05 Å². The lowest BCUT2D eigenvalue weighted by atomic mass is 9.86. The summed E-state index contributed by atoms with van der Waals surface area (Å²) in [6.45, 7) is 23.1. The van der Waals surface area contributed by atoms with Crippen LogP contribution in [0.25, 0.3) is 0 Å². The maximum absolute atomic E-state index is 12.9. The molecule has 0 aliphatic carbocycles. The number of hydrogen-bond donors (Lipinski definition) is 0. The van der Waals surface area contributed by atoms with E-state index < -0.39 is 11.0 Å². The molecule has 0 heterocycles. The molecule has 0 N–H and O–H groups in total. The third-order valence-corrected chi connectivity index (χ3v) is 6.45. The molecule has 0 aromatic heterocycles. The first kappa shape index (κ1) is 21.1. The lowest BCUT2D eigenvalue weighted by Crippen LogP contribution is -2.52. The maximum atomic E-state index is 12.9. The van der Waals surface area contributed by atoms with Crippen molar-refractivity contribution < 1.29 is 8.69 Å². The highest BCUT2D eigenvalue weighted by molar-refractivity contribution is 7.84. The SMILES string of the molecule is CC[N+](CC)(CC)CCN(C)S(=O)C(C)(C)CC(C)(C)C. The zero-order valence-electron chi connectivity index (χ0n) is 16.0. The summed E-state index contributed by atoms with van der Waals surface area (Å²) in [6.07, 6.45) is 0.965. The van der Waals surface area contributed by atoms with Crippen LogP contribution in [0, 0.1) is 5.41 Å². The van der Waals surface area contributed by atoms with E-state index in [1.807, 2.05) is 7.05 Å². The average Bonchev–Trinajstić information content (AvgIpc) is 2.37. The number of quaternary nitrogens is 1. The van der Waals surface area contributed by atoms with Crippen molar-refractivity contribution >= 4 is 11.0 Å². The largest absolute Gasteiger partial charge is 0.323 e. The average molecular weight is 320 g/mol. The molecule has 0 radical (unpaired) electrons. The molecule has 0 aliphatic heterocycles. The van der Waals surface area contributed by atoms with Crippen LogP contribution in [0.2, 0.25) is 0 Å². The Labute approximate surface area is 136 Å². The normalized spacial score (nSPS) is 15.5. The van der Waals surface area contributed by atoms with Crippen LogP contribution in [0.5, 0.6) is 0 Å². The van der Waals surface area contributed by atoms with Crippen LogP contribution in [0.15, 0.2) is 0 Å². The van der Waals surface area contributed by atoms with Crippen molar-refractivity contribution in [2.45, 2.75) is 66.6 Å². The van der Waals surface area contributed by atoms with Crippen molar-refractivity contribution in [3.05, 3.63) is 0 Å². The summed E-state index contributed by atoms with van der Waals surface area (Å²) in [6, 6.07) is 0. The van der Waals surface area contributed by atoms with E-state index in [9.17, 15) is 4.21 Å². The summed E-state index contributed by atoms with van der Waals surface area (Å²) >= 11 is 0. The van der Waals surface area contributed by atoms with Gasteiger partial charge in [-0.2, -0.15) is 0 Å². The van der Waals surface area contributed by atoms with Gasteiger partial charge in [-0.3, -0.25) is 0 Å². The van der Waals surface area contributed by atoms with Gasteiger partial charge in [-0.25, -0.2) is 8.51 Å². The van der Waals surface area contributed by atoms with Crippen LogP contribution in [-0.4, -0.2) is 57.5 Å². The van der Waals surface area contributed by atoms with Gasteiger partial charge >= 0.3 is 0 Å². The van der Waals surface area contributed by atoms with Gasteiger partial charge in [-0.05, 0) is 46.5 Å². The third-order valence-electron chi connectivity index (χ3n) is 4.61. The summed E-state index contributed by atoms with van der Waals surface area (Å²) in [5, 5.41) is 0. The van der Waals surface area contributed by atoms with Crippen LogP contribution in [-0.2, 0) is 11.0 Å². The molecule has 0 saturated heterocycles. The monoisotopic (exact) mass is 319 g/mol. The van der Waals surface area contributed by atoms with Gasteiger partial charge in [-0.1, -0.05) is 20.8 Å². The second kappa shape index (κ2) is 8.07. The van der Waals surface area contributed by atoms with Crippen LogP contribution in [0.1, 0.15) is 61.8 Å². The third kappa shape index (κ3) is 6.79. The van der Waals surface area contributed by atoms with Gasteiger partial charge in [0.2, 0.25) is 0 Å². The molecule has 0 aromatic rings. The smallest absolute Gasteiger partial charge is 0.0999 e. The van der Waals surface area contributed by atoms with E-state index in [0.29, 0.717) is 0 Å². The van der Waals surface area contributed by atoms with Crippen molar-refractivity contribution in [3.63, 3.8) is 0 Å². The minimum Gasteiger partial charge on any atom is -0.323 e. The highest BCUT2D eigenvalue weighted by atomic mass is 32.2. The van der Waals surface area contributed by atoms with E-state index in [-0.39, 0.29) is 10.2 Å². The summed E-state index contributed by atoms with van der Waals surface area (Å²) in [4.78, 5) is 0. The fourth-order valence-corrected chi connectivity index (χ4v) is 4.99. The Kier molecular flexibility index (Phi) is 8.10. The number of rotatable bonds is 9. The molecular formula is C17H39N2OS+. The van der Waals surface area contributed by atoms with Gasteiger partial charge in [0.1, 0.15) is 0 Å². The highest BCUT2D eigenvalue weighted by Gasteiger charge is 2.34. The minimum absolute atomic E-state index is 0.173. The first-order valence-corrected chi connectivity index (χ1v) is 9.52. The van der Waals surface area contributed by atoms with E-state index in [2.05, 4.69) is 59.7 Å². The molecule has 0 spiro atoms. The van der Waals surface area contributed by atoms with E-state index in [1.54, 1.807) is 0 Å². The van der Waals surface area contributed by atoms with Crippen molar-refractivity contribution in [2.24, 2.45) is 5.41 Å². The van der Waals surface area contributed by atoms with Crippen molar-refractivity contribution in [2.75, 3.05) is 39.8 Å². The van der Waals surface area contributed by atoms with E-state index in [1.165, 1.54) is 0 Å².